The number of hydrogen-bond acceptors (Lipinski definition) is 4. The fourth-order valence-electron chi connectivity index (χ4n) is 1.64. The molecule has 0 aromatic carbocycles. The minimum Gasteiger partial charge on any atom is -0.252 e. The maximum atomic E-state index is 6.18. The van der Waals surface area contributed by atoms with E-state index in [4.69, 9.17) is 11.6 Å². The van der Waals surface area contributed by atoms with Crippen LogP contribution in [-0.2, 0) is 0 Å². The highest BCUT2D eigenvalue weighted by atomic mass is 35.5. The van der Waals surface area contributed by atoms with E-state index >= 15 is 0 Å². The molecule has 0 aliphatic rings. The zero-order valence-electron chi connectivity index (χ0n) is 9.36. The van der Waals surface area contributed by atoms with Crippen LogP contribution in [-0.4, -0.2) is 15.0 Å². The number of aromatic nitrogens is 3. The zero-order valence-corrected chi connectivity index (χ0v) is 10.9. The van der Waals surface area contributed by atoms with Gasteiger partial charge in [0.2, 0.25) is 0 Å². The topological polar surface area (TPSA) is 38.7 Å². The molecular formula is C11H12ClN3S. The zero-order chi connectivity index (χ0) is 11.7. The molecule has 0 bridgehead atoms. The van der Waals surface area contributed by atoms with Gasteiger partial charge in [0.05, 0.1) is 10.4 Å². The highest BCUT2D eigenvalue weighted by molar-refractivity contribution is 7.13. The Morgan fingerprint density at radius 1 is 1.31 bits per heavy atom. The molecule has 2 aromatic heterocycles. The molecule has 0 spiro atoms. The van der Waals surface area contributed by atoms with Gasteiger partial charge in [0.1, 0.15) is 5.15 Å². The summed E-state index contributed by atoms with van der Waals surface area (Å²) in [5.74, 6) is 0.998. The van der Waals surface area contributed by atoms with Gasteiger partial charge in [-0.3, -0.25) is 4.98 Å². The summed E-state index contributed by atoms with van der Waals surface area (Å²) >= 11 is 7.69. The summed E-state index contributed by atoms with van der Waals surface area (Å²) in [6.45, 7) is 6.14. The van der Waals surface area contributed by atoms with Crippen molar-refractivity contribution >= 4 is 22.9 Å². The predicted molar refractivity (Wildman–Crippen MR) is 67.0 cm³/mol. The van der Waals surface area contributed by atoms with Crippen LogP contribution in [0.15, 0.2) is 11.7 Å². The van der Waals surface area contributed by atoms with Crippen LogP contribution in [0.1, 0.15) is 31.0 Å². The SMILES string of the molecule is Cc1nc(-c2cncs2)nc(Cl)c1C(C)C. The maximum Gasteiger partial charge on any atom is 0.172 e. The predicted octanol–water partition coefficient (Wildman–Crippen LogP) is 3.69. The Bertz CT molecular complexity index is 471. The number of nitrogens with zero attached hydrogens (tertiary/aromatic N) is 3. The van der Waals surface area contributed by atoms with Crippen molar-refractivity contribution in [2.75, 3.05) is 0 Å². The number of halogens is 1. The largest absolute Gasteiger partial charge is 0.252 e. The van der Waals surface area contributed by atoms with E-state index < -0.39 is 0 Å². The molecule has 3 nitrogen and oxygen atoms in total. The monoisotopic (exact) mass is 253 g/mol. The maximum absolute atomic E-state index is 6.18. The molecular weight excluding hydrogens is 242 g/mol. The standard InChI is InChI=1S/C11H12ClN3S/c1-6(2)9-7(3)14-11(15-10(9)12)8-4-13-5-16-8/h4-6H,1-3H3. The van der Waals surface area contributed by atoms with E-state index in [-0.39, 0.29) is 0 Å². The van der Waals surface area contributed by atoms with Crippen molar-refractivity contribution in [3.8, 4) is 10.7 Å². The first-order chi connectivity index (χ1) is 7.59. The second-order valence-electron chi connectivity index (χ2n) is 3.86. The van der Waals surface area contributed by atoms with Gasteiger partial charge in [0.15, 0.2) is 5.82 Å². The first kappa shape index (κ1) is 11.5. The lowest BCUT2D eigenvalue weighted by Gasteiger charge is -2.11. The number of rotatable bonds is 2. The fraction of sp³-hybridized carbons (Fsp3) is 0.364. The normalized spacial score (nSPS) is 11.1. The molecule has 16 heavy (non-hydrogen) atoms. The van der Waals surface area contributed by atoms with Gasteiger partial charge in [0, 0.05) is 17.5 Å². The quantitative estimate of drug-likeness (QED) is 0.767. The molecule has 84 valence electrons. The van der Waals surface area contributed by atoms with Crippen LogP contribution in [0.4, 0.5) is 0 Å². The Morgan fingerprint density at radius 2 is 2.06 bits per heavy atom. The molecule has 0 radical (unpaired) electrons. The van der Waals surface area contributed by atoms with Crippen LogP contribution in [0.5, 0.6) is 0 Å². The Balaban J connectivity index is 2.53. The molecule has 2 rings (SSSR count). The number of thiazole rings is 1. The lowest BCUT2D eigenvalue weighted by atomic mass is 10.0. The van der Waals surface area contributed by atoms with Gasteiger partial charge in [-0.2, -0.15) is 0 Å². The van der Waals surface area contributed by atoms with Crippen LogP contribution in [0.25, 0.3) is 10.7 Å². The van der Waals surface area contributed by atoms with Crippen molar-refractivity contribution in [3.05, 3.63) is 28.1 Å². The smallest absolute Gasteiger partial charge is 0.172 e. The minimum absolute atomic E-state index is 0.336. The third-order valence-corrected chi connectivity index (χ3v) is 3.38. The molecule has 0 amide bonds. The van der Waals surface area contributed by atoms with Crippen molar-refractivity contribution in [1.82, 2.24) is 15.0 Å². The molecule has 2 aromatic rings. The van der Waals surface area contributed by atoms with Gasteiger partial charge in [-0.05, 0) is 12.8 Å². The summed E-state index contributed by atoms with van der Waals surface area (Å²) in [5, 5.41) is 0.547. The van der Waals surface area contributed by atoms with Crippen molar-refractivity contribution < 1.29 is 0 Å². The number of hydrogen-bond donors (Lipinski definition) is 0. The van der Waals surface area contributed by atoms with E-state index in [1.54, 1.807) is 11.7 Å². The van der Waals surface area contributed by atoms with Crippen molar-refractivity contribution in [2.24, 2.45) is 0 Å². The molecule has 0 aliphatic heterocycles. The Kier molecular flexibility index (Phi) is 3.21. The molecule has 0 N–H and O–H groups in total. The van der Waals surface area contributed by atoms with Gasteiger partial charge in [0.25, 0.3) is 0 Å². The second kappa shape index (κ2) is 4.47. The van der Waals surface area contributed by atoms with Crippen molar-refractivity contribution in [3.63, 3.8) is 0 Å². The molecule has 2 heterocycles. The van der Waals surface area contributed by atoms with Gasteiger partial charge in [-0.25, -0.2) is 9.97 Å². The lowest BCUT2D eigenvalue weighted by Crippen LogP contribution is -2.01. The summed E-state index contributed by atoms with van der Waals surface area (Å²) in [5.41, 5.74) is 3.73. The van der Waals surface area contributed by atoms with E-state index in [2.05, 4.69) is 28.8 Å². The van der Waals surface area contributed by atoms with Gasteiger partial charge < -0.3 is 0 Å². The van der Waals surface area contributed by atoms with Gasteiger partial charge >= 0.3 is 0 Å². The highest BCUT2D eigenvalue weighted by Crippen LogP contribution is 2.28. The molecule has 0 saturated heterocycles. The van der Waals surface area contributed by atoms with Crippen molar-refractivity contribution in [2.45, 2.75) is 26.7 Å². The highest BCUT2D eigenvalue weighted by Gasteiger charge is 2.14. The number of aryl methyl sites for hydroxylation is 1. The molecule has 0 aliphatic carbocycles. The van der Waals surface area contributed by atoms with Crippen LogP contribution >= 0.6 is 22.9 Å². The van der Waals surface area contributed by atoms with Crippen LogP contribution < -0.4 is 0 Å². The van der Waals surface area contributed by atoms with Gasteiger partial charge in [-0.1, -0.05) is 25.4 Å². The Hall–Kier alpha value is -1.00. The molecule has 0 atom stereocenters. The first-order valence-corrected chi connectivity index (χ1v) is 6.28. The molecule has 5 heteroatoms. The molecule has 0 saturated carbocycles. The lowest BCUT2D eigenvalue weighted by molar-refractivity contribution is 0.831. The Morgan fingerprint density at radius 3 is 2.56 bits per heavy atom. The molecule has 0 fully saturated rings. The average molecular weight is 254 g/mol. The van der Waals surface area contributed by atoms with Crippen LogP contribution in [0.2, 0.25) is 5.15 Å². The van der Waals surface area contributed by atoms with E-state index in [0.29, 0.717) is 16.9 Å². The third kappa shape index (κ3) is 2.08. The minimum atomic E-state index is 0.336. The van der Waals surface area contributed by atoms with Crippen LogP contribution in [0, 0.1) is 6.92 Å². The third-order valence-electron chi connectivity index (χ3n) is 2.32. The summed E-state index contributed by atoms with van der Waals surface area (Å²) in [6.07, 6.45) is 1.75. The van der Waals surface area contributed by atoms with Crippen LogP contribution in [0.3, 0.4) is 0 Å². The summed E-state index contributed by atoms with van der Waals surface area (Å²) in [6, 6.07) is 0. The summed E-state index contributed by atoms with van der Waals surface area (Å²) in [4.78, 5) is 13.8. The van der Waals surface area contributed by atoms with E-state index in [1.807, 2.05) is 6.92 Å². The van der Waals surface area contributed by atoms with E-state index in [9.17, 15) is 0 Å². The Labute approximate surface area is 104 Å². The van der Waals surface area contributed by atoms with E-state index in [0.717, 1.165) is 16.1 Å². The second-order valence-corrected chi connectivity index (χ2v) is 5.10. The summed E-state index contributed by atoms with van der Waals surface area (Å²) < 4.78 is 0. The molecule has 0 unspecified atom stereocenters. The summed E-state index contributed by atoms with van der Waals surface area (Å²) in [7, 11) is 0. The first-order valence-electron chi connectivity index (χ1n) is 5.02. The fourth-order valence-corrected chi connectivity index (χ4v) is 2.63. The average Bonchev–Trinajstić information content (AvgIpc) is 2.67. The van der Waals surface area contributed by atoms with Crippen molar-refractivity contribution in [1.29, 1.82) is 0 Å². The van der Waals surface area contributed by atoms with E-state index in [1.165, 1.54) is 11.3 Å². The van der Waals surface area contributed by atoms with Gasteiger partial charge in [-0.15, -0.1) is 11.3 Å².